The number of hydrogen-bond acceptors (Lipinski definition) is 2. The molecule has 0 radical (unpaired) electrons. The van der Waals surface area contributed by atoms with Crippen LogP contribution >= 0.6 is 15.9 Å². The fourth-order valence-electron chi connectivity index (χ4n) is 2.18. The highest BCUT2D eigenvalue weighted by molar-refractivity contribution is 9.10. The number of benzene rings is 2. The normalized spacial score (nSPS) is 10.6. The number of halogens is 1. The van der Waals surface area contributed by atoms with Crippen molar-refractivity contribution in [1.82, 2.24) is 0 Å². The van der Waals surface area contributed by atoms with Crippen LogP contribution in [0.15, 0.2) is 40.9 Å². The summed E-state index contributed by atoms with van der Waals surface area (Å²) in [4.78, 5) is 12.6. The van der Waals surface area contributed by atoms with Crippen LogP contribution in [-0.4, -0.2) is 12.0 Å². The summed E-state index contributed by atoms with van der Waals surface area (Å²) >= 11 is 3.40. The molecule has 0 bridgehead atoms. The SMILES string of the molecule is Cc1ccc(NC(=O)c2cc(Br)ccc2OC(C)C)c(C)c1. The summed E-state index contributed by atoms with van der Waals surface area (Å²) in [5.74, 6) is 0.407. The molecule has 2 rings (SSSR count). The number of carbonyl (C=O) groups excluding carboxylic acids is 1. The van der Waals surface area contributed by atoms with Gasteiger partial charge in [-0.25, -0.2) is 0 Å². The smallest absolute Gasteiger partial charge is 0.259 e. The van der Waals surface area contributed by atoms with Crippen molar-refractivity contribution in [3.05, 3.63) is 57.6 Å². The molecule has 0 aromatic heterocycles. The molecule has 116 valence electrons. The van der Waals surface area contributed by atoms with Gasteiger partial charge in [-0.05, 0) is 57.5 Å². The lowest BCUT2D eigenvalue weighted by Crippen LogP contribution is -2.16. The van der Waals surface area contributed by atoms with Gasteiger partial charge in [0.2, 0.25) is 0 Å². The monoisotopic (exact) mass is 361 g/mol. The maximum atomic E-state index is 12.6. The molecule has 2 aromatic rings. The lowest BCUT2D eigenvalue weighted by molar-refractivity contribution is 0.102. The molecule has 0 spiro atoms. The van der Waals surface area contributed by atoms with Crippen molar-refractivity contribution in [3.63, 3.8) is 0 Å². The van der Waals surface area contributed by atoms with Gasteiger partial charge in [-0.15, -0.1) is 0 Å². The van der Waals surface area contributed by atoms with Crippen LogP contribution in [0.25, 0.3) is 0 Å². The van der Waals surface area contributed by atoms with Crippen LogP contribution in [0.1, 0.15) is 35.3 Å². The molecule has 0 saturated carbocycles. The Balaban J connectivity index is 2.30. The lowest BCUT2D eigenvalue weighted by Gasteiger charge is -2.15. The molecule has 0 aliphatic heterocycles. The van der Waals surface area contributed by atoms with Crippen LogP contribution in [0.4, 0.5) is 5.69 Å². The minimum Gasteiger partial charge on any atom is -0.490 e. The lowest BCUT2D eigenvalue weighted by atomic mass is 10.1. The molecule has 0 aliphatic rings. The van der Waals surface area contributed by atoms with Crippen LogP contribution in [0, 0.1) is 13.8 Å². The van der Waals surface area contributed by atoms with E-state index in [0.29, 0.717) is 11.3 Å². The number of nitrogens with one attached hydrogen (secondary N) is 1. The van der Waals surface area contributed by atoms with Crippen molar-refractivity contribution in [3.8, 4) is 5.75 Å². The van der Waals surface area contributed by atoms with Crippen molar-refractivity contribution in [2.24, 2.45) is 0 Å². The number of anilines is 1. The van der Waals surface area contributed by atoms with Gasteiger partial charge in [-0.1, -0.05) is 33.6 Å². The molecule has 0 heterocycles. The van der Waals surface area contributed by atoms with Gasteiger partial charge in [0.05, 0.1) is 11.7 Å². The van der Waals surface area contributed by atoms with Crippen LogP contribution < -0.4 is 10.1 Å². The molecule has 0 unspecified atom stereocenters. The van der Waals surface area contributed by atoms with Crippen molar-refractivity contribution in [2.75, 3.05) is 5.32 Å². The summed E-state index contributed by atoms with van der Waals surface area (Å²) in [7, 11) is 0. The third-order valence-corrected chi connectivity index (χ3v) is 3.67. The van der Waals surface area contributed by atoms with E-state index in [4.69, 9.17) is 4.74 Å². The average molecular weight is 362 g/mol. The number of amides is 1. The quantitative estimate of drug-likeness (QED) is 0.821. The molecule has 22 heavy (non-hydrogen) atoms. The molecule has 1 amide bonds. The number of ether oxygens (including phenoxy) is 1. The zero-order valence-electron chi connectivity index (χ0n) is 13.2. The fraction of sp³-hybridized carbons (Fsp3) is 0.278. The zero-order valence-corrected chi connectivity index (χ0v) is 14.8. The minimum atomic E-state index is -0.177. The van der Waals surface area contributed by atoms with E-state index < -0.39 is 0 Å². The third-order valence-electron chi connectivity index (χ3n) is 3.18. The maximum Gasteiger partial charge on any atom is 0.259 e. The summed E-state index contributed by atoms with van der Waals surface area (Å²) in [6.07, 6.45) is 0.00818. The summed E-state index contributed by atoms with van der Waals surface area (Å²) in [5.41, 5.74) is 3.53. The number of rotatable bonds is 4. The van der Waals surface area contributed by atoms with Gasteiger partial charge in [-0.2, -0.15) is 0 Å². The van der Waals surface area contributed by atoms with E-state index >= 15 is 0 Å². The van der Waals surface area contributed by atoms with E-state index in [1.807, 2.05) is 52.0 Å². The van der Waals surface area contributed by atoms with Gasteiger partial charge < -0.3 is 10.1 Å². The minimum absolute atomic E-state index is 0.00818. The fourth-order valence-corrected chi connectivity index (χ4v) is 2.54. The number of carbonyl (C=O) groups is 1. The van der Waals surface area contributed by atoms with E-state index in [-0.39, 0.29) is 12.0 Å². The van der Waals surface area contributed by atoms with E-state index in [1.165, 1.54) is 5.56 Å². The molecule has 4 heteroatoms. The summed E-state index contributed by atoms with van der Waals surface area (Å²) in [5, 5.41) is 2.95. The predicted molar refractivity (Wildman–Crippen MR) is 93.8 cm³/mol. The van der Waals surface area contributed by atoms with E-state index in [0.717, 1.165) is 15.7 Å². The molecule has 0 aliphatic carbocycles. The third kappa shape index (κ3) is 4.10. The highest BCUT2D eigenvalue weighted by Crippen LogP contribution is 2.26. The van der Waals surface area contributed by atoms with Gasteiger partial charge >= 0.3 is 0 Å². The van der Waals surface area contributed by atoms with Gasteiger partial charge in [0, 0.05) is 10.2 Å². The van der Waals surface area contributed by atoms with Gasteiger partial charge in [0.25, 0.3) is 5.91 Å². The summed E-state index contributed by atoms with van der Waals surface area (Å²) < 4.78 is 6.57. The maximum absolute atomic E-state index is 12.6. The topological polar surface area (TPSA) is 38.3 Å². The molecule has 3 nitrogen and oxygen atoms in total. The Morgan fingerprint density at radius 1 is 1.14 bits per heavy atom. The van der Waals surface area contributed by atoms with Gasteiger partial charge in [-0.3, -0.25) is 4.79 Å². The Bertz CT molecular complexity index is 695. The van der Waals surface area contributed by atoms with Crippen LogP contribution in [0.2, 0.25) is 0 Å². The van der Waals surface area contributed by atoms with Crippen molar-refractivity contribution in [1.29, 1.82) is 0 Å². The largest absolute Gasteiger partial charge is 0.490 e. The Morgan fingerprint density at radius 3 is 2.50 bits per heavy atom. The summed E-state index contributed by atoms with van der Waals surface area (Å²) in [6, 6.07) is 11.4. The van der Waals surface area contributed by atoms with Gasteiger partial charge in [0.15, 0.2) is 0 Å². The highest BCUT2D eigenvalue weighted by Gasteiger charge is 2.15. The molecule has 0 fully saturated rings. The highest BCUT2D eigenvalue weighted by atomic mass is 79.9. The van der Waals surface area contributed by atoms with E-state index in [2.05, 4.69) is 21.2 Å². The molecular weight excluding hydrogens is 342 g/mol. The first-order chi connectivity index (χ1) is 10.4. The second-order valence-electron chi connectivity index (χ2n) is 5.58. The van der Waals surface area contributed by atoms with Crippen molar-refractivity contribution in [2.45, 2.75) is 33.8 Å². The molecule has 0 saturated heterocycles. The van der Waals surface area contributed by atoms with Crippen molar-refractivity contribution < 1.29 is 9.53 Å². The van der Waals surface area contributed by atoms with E-state index in [9.17, 15) is 4.79 Å². The van der Waals surface area contributed by atoms with Crippen molar-refractivity contribution >= 4 is 27.5 Å². The first-order valence-corrected chi connectivity index (χ1v) is 8.01. The van der Waals surface area contributed by atoms with Crippen LogP contribution in [0.3, 0.4) is 0 Å². The Hall–Kier alpha value is -1.81. The van der Waals surface area contributed by atoms with Crippen LogP contribution in [-0.2, 0) is 0 Å². The molecule has 1 N–H and O–H groups in total. The average Bonchev–Trinajstić information content (AvgIpc) is 2.43. The number of hydrogen-bond donors (Lipinski definition) is 1. The standard InChI is InChI=1S/C18H20BrNO2/c1-11(2)22-17-8-6-14(19)10-15(17)18(21)20-16-7-5-12(3)9-13(16)4/h5-11H,1-4H3,(H,20,21). The van der Waals surface area contributed by atoms with Gasteiger partial charge in [0.1, 0.15) is 5.75 Å². The van der Waals surface area contributed by atoms with Crippen LogP contribution in [0.5, 0.6) is 5.75 Å². The first kappa shape index (κ1) is 16.6. The second-order valence-corrected chi connectivity index (χ2v) is 6.50. The Kier molecular flexibility index (Phi) is 5.24. The molecule has 0 atom stereocenters. The Morgan fingerprint density at radius 2 is 1.86 bits per heavy atom. The molecule has 2 aromatic carbocycles. The summed E-state index contributed by atoms with van der Waals surface area (Å²) in [6.45, 7) is 7.89. The van der Waals surface area contributed by atoms with E-state index in [1.54, 1.807) is 12.1 Å². The zero-order chi connectivity index (χ0) is 16.3. The molecular formula is C18H20BrNO2. The first-order valence-electron chi connectivity index (χ1n) is 7.21. The number of aryl methyl sites for hydroxylation is 2. The Labute approximate surface area is 139 Å². The second kappa shape index (κ2) is 6.97. The predicted octanol–water partition coefficient (Wildman–Crippen LogP) is 5.11.